The van der Waals surface area contributed by atoms with Gasteiger partial charge in [-0.05, 0) is 23.8 Å². The Morgan fingerprint density at radius 3 is 2.67 bits per heavy atom. The van der Waals surface area contributed by atoms with E-state index in [-0.39, 0.29) is 31.0 Å². The average molecular weight is 430 g/mol. The van der Waals surface area contributed by atoms with Crippen molar-refractivity contribution in [3.8, 4) is 5.75 Å². The van der Waals surface area contributed by atoms with Gasteiger partial charge in [-0.2, -0.15) is 0 Å². The standard InChI is InChI=1S/C22H24ClN3O4/c23-17-6-7-20-18(12-17)26(22(28)15-30-20)14-21(27)24-13-19(16-4-2-1-3-5-16)25-8-10-29-11-9-25/h1-7,12,19H,8-11,13-15H2,(H,24,27). The summed E-state index contributed by atoms with van der Waals surface area (Å²) in [6, 6.07) is 15.2. The van der Waals surface area contributed by atoms with Gasteiger partial charge in [0.2, 0.25) is 5.91 Å². The number of benzene rings is 2. The summed E-state index contributed by atoms with van der Waals surface area (Å²) in [6.07, 6.45) is 0. The van der Waals surface area contributed by atoms with Crippen LogP contribution in [0.15, 0.2) is 48.5 Å². The molecule has 2 amide bonds. The Labute approximate surface area is 180 Å². The molecule has 8 heteroatoms. The molecule has 30 heavy (non-hydrogen) atoms. The molecular formula is C22H24ClN3O4. The number of nitrogens with one attached hydrogen (secondary N) is 1. The molecule has 1 unspecified atom stereocenters. The predicted octanol–water partition coefficient (Wildman–Crippen LogP) is 2.26. The fourth-order valence-corrected chi connectivity index (χ4v) is 3.95. The minimum atomic E-state index is -0.271. The monoisotopic (exact) mass is 429 g/mol. The maximum absolute atomic E-state index is 12.7. The second-order valence-electron chi connectivity index (χ2n) is 7.26. The molecule has 1 atom stereocenters. The van der Waals surface area contributed by atoms with Gasteiger partial charge in [-0.1, -0.05) is 41.9 Å². The van der Waals surface area contributed by atoms with Crippen molar-refractivity contribution in [3.63, 3.8) is 0 Å². The van der Waals surface area contributed by atoms with Gasteiger partial charge in [-0.15, -0.1) is 0 Å². The lowest BCUT2D eigenvalue weighted by Crippen LogP contribution is -2.48. The minimum Gasteiger partial charge on any atom is -0.482 e. The smallest absolute Gasteiger partial charge is 0.265 e. The van der Waals surface area contributed by atoms with Crippen LogP contribution in [0, 0.1) is 0 Å². The molecule has 0 saturated carbocycles. The molecule has 2 aliphatic rings. The van der Waals surface area contributed by atoms with Crippen molar-refractivity contribution in [1.82, 2.24) is 10.2 Å². The molecule has 0 aliphatic carbocycles. The van der Waals surface area contributed by atoms with Crippen molar-refractivity contribution in [2.24, 2.45) is 0 Å². The van der Waals surface area contributed by atoms with Crippen LogP contribution in [-0.2, 0) is 14.3 Å². The number of nitrogens with zero attached hydrogens (tertiary/aromatic N) is 2. The summed E-state index contributed by atoms with van der Waals surface area (Å²) >= 11 is 6.07. The van der Waals surface area contributed by atoms with Crippen molar-refractivity contribution in [1.29, 1.82) is 0 Å². The van der Waals surface area contributed by atoms with Gasteiger partial charge in [0.25, 0.3) is 5.91 Å². The first kappa shape index (κ1) is 20.7. The van der Waals surface area contributed by atoms with Gasteiger partial charge in [0.1, 0.15) is 12.3 Å². The lowest BCUT2D eigenvalue weighted by atomic mass is 10.0. The van der Waals surface area contributed by atoms with Gasteiger partial charge in [0, 0.05) is 24.7 Å². The number of halogens is 1. The maximum Gasteiger partial charge on any atom is 0.265 e. The highest BCUT2D eigenvalue weighted by molar-refractivity contribution is 6.31. The summed E-state index contributed by atoms with van der Waals surface area (Å²) in [4.78, 5) is 28.9. The molecule has 2 aromatic carbocycles. The molecule has 0 aromatic heterocycles. The van der Waals surface area contributed by atoms with Crippen LogP contribution in [0.3, 0.4) is 0 Å². The van der Waals surface area contributed by atoms with E-state index in [1.165, 1.54) is 4.90 Å². The van der Waals surface area contributed by atoms with E-state index in [4.69, 9.17) is 21.1 Å². The molecule has 7 nitrogen and oxygen atoms in total. The van der Waals surface area contributed by atoms with Gasteiger partial charge in [-0.3, -0.25) is 19.4 Å². The normalized spacial score (nSPS) is 17.8. The topological polar surface area (TPSA) is 71.1 Å². The molecule has 2 aliphatic heterocycles. The Bertz CT molecular complexity index is 903. The molecule has 158 valence electrons. The van der Waals surface area contributed by atoms with E-state index in [0.717, 1.165) is 18.7 Å². The van der Waals surface area contributed by atoms with Crippen LogP contribution in [0.1, 0.15) is 11.6 Å². The minimum absolute atomic E-state index is 0.0428. The lowest BCUT2D eigenvalue weighted by Gasteiger charge is -2.35. The molecule has 1 N–H and O–H groups in total. The summed E-state index contributed by atoms with van der Waals surface area (Å²) < 4.78 is 10.9. The van der Waals surface area contributed by atoms with E-state index in [0.29, 0.717) is 36.2 Å². The number of fused-ring (bicyclic) bond motifs is 1. The number of rotatable bonds is 6. The Balaban J connectivity index is 1.44. The van der Waals surface area contributed by atoms with E-state index in [2.05, 4.69) is 22.3 Å². The third-order valence-electron chi connectivity index (χ3n) is 5.33. The number of amides is 2. The number of anilines is 1. The summed E-state index contributed by atoms with van der Waals surface area (Å²) in [5.74, 6) is 0.0420. The highest BCUT2D eigenvalue weighted by Gasteiger charge is 2.28. The lowest BCUT2D eigenvalue weighted by molar-refractivity contribution is -0.125. The van der Waals surface area contributed by atoms with E-state index >= 15 is 0 Å². The third kappa shape index (κ3) is 4.75. The maximum atomic E-state index is 12.7. The first-order chi connectivity index (χ1) is 14.6. The quantitative estimate of drug-likeness (QED) is 0.762. The van der Waals surface area contributed by atoms with Crippen molar-refractivity contribution in [2.45, 2.75) is 6.04 Å². The van der Waals surface area contributed by atoms with Crippen molar-refractivity contribution in [2.75, 3.05) is 50.9 Å². The highest BCUT2D eigenvalue weighted by Crippen LogP contribution is 2.34. The zero-order valence-corrected chi connectivity index (χ0v) is 17.3. The first-order valence-corrected chi connectivity index (χ1v) is 10.4. The number of ether oxygens (including phenoxy) is 2. The van der Waals surface area contributed by atoms with Crippen molar-refractivity contribution < 1.29 is 19.1 Å². The van der Waals surface area contributed by atoms with E-state index in [1.807, 2.05) is 18.2 Å². The number of hydrogen-bond donors (Lipinski definition) is 1. The third-order valence-corrected chi connectivity index (χ3v) is 5.56. The van der Waals surface area contributed by atoms with Crippen LogP contribution >= 0.6 is 11.6 Å². The zero-order valence-electron chi connectivity index (χ0n) is 16.6. The van der Waals surface area contributed by atoms with Crippen LogP contribution in [0.5, 0.6) is 5.75 Å². The molecule has 1 fully saturated rings. The molecule has 0 radical (unpaired) electrons. The molecule has 2 heterocycles. The van der Waals surface area contributed by atoms with E-state index in [1.54, 1.807) is 18.2 Å². The Hall–Kier alpha value is -2.61. The average Bonchev–Trinajstić information content (AvgIpc) is 2.77. The van der Waals surface area contributed by atoms with Crippen LogP contribution in [-0.4, -0.2) is 62.7 Å². The number of hydrogen-bond acceptors (Lipinski definition) is 5. The van der Waals surface area contributed by atoms with Crippen molar-refractivity contribution in [3.05, 3.63) is 59.1 Å². The van der Waals surface area contributed by atoms with E-state index in [9.17, 15) is 9.59 Å². The fourth-order valence-electron chi connectivity index (χ4n) is 3.78. The molecule has 0 bridgehead atoms. The van der Waals surface area contributed by atoms with Crippen LogP contribution in [0.2, 0.25) is 5.02 Å². The molecule has 1 saturated heterocycles. The molecule has 0 spiro atoms. The number of morpholine rings is 1. The van der Waals surface area contributed by atoms with Gasteiger partial charge in [0.15, 0.2) is 6.61 Å². The summed E-state index contributed by atoms with van der Waals surface area (Å²) in [6.45, 7) is 3.24. The molecule has 2 aromatic rings. The number of carbonyl (C=O) groups is 2. The second kappa shape index (κ2) is 9.47. The Kier molecular flexibility index (Phi) is 6.52. The van der Waals surface area contributed by atoms with Crippen LogP contribution in [0.4, 0.5) is 5.69 Å². The molecule has 4 rings (SSSR count). The summed E-state index contributed by atoms with van der Waals surface area (Å²) in [5.41, 5.74) is 1.65. The first-order valence-electron chi connectivity index (χ1n) is 9.98. The van der Waals surface area contributed by atoms with Crippen molar-refractivity contribution >= 4 is 29.1 Å². The van der Waals surface area contributed by atoms with E-state index < -0.39 is 0 Å². The van der Waals surface area contributed by atoms with Gasteiger partial charge in [-0.25, -0.2) is 0 Å². The molecular weight excluding hydrogens is 406 g/mol. The van der Waals surface area contributed by atoms with Gasteiger partial charge >= 0.3 is 0 Å². The fraction of sp³-hybridized carbons (Fsp3) is 0.364. The second-order valence-corrected chi connectivity index (χ2v) is 7.70. The zero-order chi connectivity index (χ0) is 20.9. The Morgan fingerprint density at radius 2 is 1.90 bits per heavy atom. The van der Waals surface area contributed by atoms with Crippen LogP contribution in [0.25, 0.3) is 0 Å². The number of carbonyl (C=O) groups excluding carboxylic acids is 2. The van der Waals surface area contributed by atoms with Gasteiger partial charge < -0.3 is 14.8 Å². The summed E-state index contributed by atoms with van der Waals surface area (Å²) in [7, 11) is 0. The highest BCUT2D eigenvalue weighted by atomic mass is 35.5. The predicted molar refractivity (Wildman–Crippen MR) is 114 cm³/mol. The summed E-state index contributed by atoms with van der Waals surface area (Å²) in [5, 5.41) is 3.48. The van der Waals surface area contributed by atoms with Crippen LogP contribution < -0.4 is 15.0 Å². The SMILES string of the molecule is O=C(CN1C(=O)COc2ccc(Cl)cc21)NCC(c1ccccc1)N1CCOCC1. The van der Waals surface area contributed by atoms with Gasteiger partial charge in [0.05, 0.1) is 24.9 Å². The largest absolute Gasteiger partial charge is 0.482 e. The Morgan fingerprint density at radius 1 is 1.13 bits per heavy atom.